The minimum atomic E-state index is -4.15. The summed E-state index contributed by atoms with van der Waals surface area (Å²) in [5.41, 5.74) is 6.46. The van der Waals surface area contributed by atoms with Crippen LogP contribution in [0.4, 0.5) is 13.2 Å². The second-order valence-electron chi connectivity index (χ2n) is 3.43. The van der Waals surface area contributed by atoms with Gasteiger partial charge < -0.3 is 5.73 Å². The van der Waals surface area contributed by atoms with Crippen molar-refractivity contribution in [3.8, 4) is 0 Å². The molecular formula is C10H10BrF3IN. The summed E-state index contributed by atoms with van der Waals surface area (Å²) >= 11 is 5.39. The van der Waals surface area contributed by atoms with Crippen LogP contribution in [0.25, 0.3) is 0 Å². The Bertz CT molecular complexity index is 368. The molecule has 0 radical (unpaired) electrons. The molecule has 90 valence electrons. The van der Waals surface area contributed by atoms with Gasteiger partial charge in [0.15, 0.2) is 0 Å². The van der Waals surface area contributed by atoms with Gasteiger partial charge in [0.1, 0.15) is 0 Å². The molecule has 0 aliphatic heterocycles. The van der Waals surface area contributed by atoms with E-state index in [0.29, 0.717) is 0 Å². The Kier molecular flexibility index (Phi) is 5.06. The molecular weight excluding hydrogens is 398 g/mol. The molecule has 0 bridgehead atoms. The summed E-state index contributed by atoms with van der Waals surface area (Å²) in [6, 6.07) is 4.87. The predicted molar refractivity (Wildman–Crippen MR) is 69.1 cm³/mol. The van der Waals surface area contributed by atoms with Crippen LogP contribution in [0.15, 0.2) is 22.7 Å². The molecule has 1 unspecified atom stereocenters. The van der Waals surface area contributed by atoms with Crippen molar-refractivity contribution in [2.45, 2.75) is 25.1 Å². The second kappa shape index (κ2) is 5.68. The van der Waals surface area contributed by atoms with Gasteiger partial charge in [-0.2, -0.15) is 13.2 Å². The van der Waals surface area contributed by atoms with Gasteiger partial charge in [0, 0.05) is 20.5 Å². The van der Waals surface area contributed by atoms with Crippen LogP contribution in [0.5, 0.6) is 0 Å². The number of hydrogen-bond donors (Lipinski definition) is 1. The fourth-order valence-electron chi connectivity index (χ4n) is 1.27. The summed E-state index contributed by atoms with van der Waals surface area (Å²) in [7, 11) is 0. The molecule has 1 aromatic rings. The first-order valence-corrected chi connectivity index (χ1v) is 6.44. The molecule has 1 aromatic carbocycles. The van der Waals surface area contributed by atoms with Crippen molar-refractivity contribution in [2.24, 2.45) is 5.73 Å². The highest BCUT2D eigenvalue weighted by Crippen LogP contribution is 2.30. The highest BCUT2D eigenvalue weighted by molar-refractivity contribution is 14.1. The van der Waals surface area contributed by atoms with E-state index in [-0.39, 0.29) is 6.42 Å². The largest absolute Gasteiger partial charge is 0.389 e. The first-order chi connectivity index (χ1) is 7.29. The van der Waals surface area contributed by atoms with E-state index in [2.05, 4.69) is 38.5 Å². The average molecular weight is 408 g/mol. The molecule has 0 saturated carbocycles. The molecule has 0 amide bonds. The van der Waals surface area contributed by atoms with Gasteiger partial charge >= 0.3 is 6.18 Å². The Morgan fingerprint density at radius 2 is 2.00 bits per heavy atom. The van der Waals surface area contributed by atoms with Gasteiger partial charge in [-0.05, 0) is 52.8 Å². The monoisotopic (exact) mass is 407 g/mol. The predicted octanol–water partition coefficient (Wildman–Crippen LogP) is 4.40. The SMILES string of the molecule is NC(CCC(F)(F)F)c1cc(I)ccc1Br. The lowest BCUT2D eigenvalue weighted by molar-refractivity contribution is -0.136. The first-order valence-electron chi connectivity index (χ1n) is 4.57. The third kappa shape index (κ3) is 4.58. The number of nitrogens with two attached hydrogens (primary N) is 1. The van der Waals surface area contributed by atoms with E-state index in [0.717, 1.165) is 13.6 Å². The van der Waals surface area contributed by atoms with E-state index in [1.54, 1.807) is 12.1 Å². The van der Waals surface area contributed by atoms with Crippen LogP contribution < -0.4 is 5.73 Å². The smallest absolute Gasteiger partial charge is 0.324 e. The molecule has 0 fully saturated rings. The quantitative estimate of drug-likeness (QED) is 0.738. The molecule has 1 nitrogen and oxygen atoms in total. The third-order valence-corrected chi connectivity index (χ3v) is 3.49. The van der Waals surface area contributed by atoms with Crippen molar-refractivity contribution in [3.05, 3.63) is 31.8 Å². The van der Waals surface area contributed by atoms with Gasteiger partial charge in [-0.15, -0.1) is 0 Å². The van der Waals surface area contributed by atoms with Crippen molar-refractivity contribution in [1.82, 2.24) is 0 Å². The van der Waals surface area contributed by atoms with Crippen molar-refractivity contribution in [1.29, 1.82) is 0 Å². The molecule has 0 aromatic heterocycles. The van der Waals surface area contributed by atoms with Crippen LogP contribution in [-0.4, -0.2) is 6.18 Å². The Morgan fingerprint density at radius 1 is 1.38 bits per heavy atom. The lowest BCUT2D eigenvalue weighted by atomic mass is 10.0. The number of halogens is 5. The Balaban J connectivity index is 2.73. The summed E-state index contributed by atoms with van der Waals surface area (Å²) in [6.45, 7) is 0. The maximum atomic E-state index is 12.0. The van der Waals surface area contributed by atoms with Crippen LogP contribution in [0.3, 0.4) is 0 Å². The fraction of sp³-hybridized carbons (Fsp3) is 0.400. The van der Waals surface area contributed by atoms with Gasteiger partial charge in [-0.3, -0.25) is 0 Å². The maximum absolute atomic E-state index is 12.0. The van der Waals surface area contributed by atoms with E-state index < -0.39 is 18.6 Å². The zero-order chi connectivity index (χ0) is 12.3. The third-order valence-electron chi connectivity index (χ3n) is 2.10. The summed E-state index contributed by atoms with van der Waals surface area (Å²) in [4.78, 5) is 0. The van der Waals surface area contributed by atoms with Crippen LogP contribution in [0, 0.1) is 3.57 Å². The normalized spacial score (nSPS) is 13.9. The van der Waals surface area contributed by atoms with E-state index in [1.807, 2.05) is 6.07 Å². The lowest BCUT2D eigenvalue weighted by Crippen LogP contribution is -2.16. The molecule has 1 rings (SSSR count). The second-order valence-corrected chi connectivity index (χ2v) is 5.53. The minimum Gasteiger partial charge on any atom is -0.324 e. The van der Waals surface area contributed by atoms with Crippen molar-refractivity contribution < 1.29 is 13.2 Å². The summed E-state index contributed by atoms with van der Waals surface area (Å²) in [5, 5.41) is 0. The molecule has 0 heterocycles. The topological polar surface area (TPSA) is 26.0 Å². The van der Waals surface area contributed by atoms with Gasteiger partial charge in [-0.1, -0.05) is 15.9 Å². The molecule has 0 aliphatic carbocycles. The summed E-state index contributed by atoms with van der Waals surface area (Å²) in [5.74, 6) is 0. The molecule has 0 saturated heterocycles. The van der Waals surface area contributed by atoms with E-state index in [9.17, 15) is 13.2 Å². The summed E-state index contributed by atoms with van der Waals surface area (Å²) < 4.78 is 37.8. The Labute approximate surface area is 114 Å². The standard InChI is InChI=1S/C10H10BrF3IN/c11-8-2-1-6(15)5-7(8)9(16)3-4-10(12,13)14/h1-2,5,9H,3-4,16H2. The molecule has 0 spiro atoms. The van der Waals surface area contributed by atoms with Crippen molar-refractivity contribution in [3.63, 3.8) is 0 Å². The number of rotatable bonds is 3. The van der Waals surface area contributed by atoms with Gasteiger partial charge in [0.25, 0.3) is 0 Å². The average Bonchev–Trinajstić information content (AvgIpc) is 2.17. The highest BCUT2D eigenvalue weighted by Gasteiger charge is 2.28. The minimum absolute atomic E-state index is 0.0950. The fourth-order valence-corrected chi connectivity index (χ4v) is 2.33. The van der Waals surface area contributed by atoms with Crippen LogP contribution in [0.1, 0.15) is 24.4 Å². The van der Waals surface area contributed by atoms with Crippen LogP contribution >= 0.6 is 38.5 Å². The Morgan fingerprint density at radius 3 is 2.56 bits per heavy atom. The van der Waals surface area contributed by atoms with Crippen molar-refractivity contribution in [2.75, 3.05) is 0 Å². The van der Waals surface area contributed by atoms with E-state index >= 15 is 0 Å². The molecule has 1 atom stereocenters. The van der Waals surface area contributed by atoms with Gasteiger partial charge in [0.05, 0.1) is 0 Å². The first kappa shape index (κ1) is 14.2. The number of benzene rings is 1. The lowest BCUT2D eigenvalue weighted by Gasteiger charge is -2.15. The molecule has 16 heavy (non-hydrogen) atoms. The molecule has 0 aliphatic rings. The van der Waals surface area contributed by atoms with Crippen LogP contribution in [-0.2, 0) is 0 Å². The zero-order valence-corrected chi connectivity index (χ0v) is 11.9. The molecule has 6 heteroatoms. The molecule has 2 N–H and O–H groups in total. The van der Waals surface area contributed by atoms with Crippen LogP contribution in [0.2, 0.25) is 0 Å². The highest BCUT2D eigenvalue weighted by atomic mass is 127. The van der Waals surface area contributed by atoms with Gasteiger partial charge in [-0.25, -0.2) is 0 Å². The maximum Gasteiger partial charge on any atom is 0.389 e. The number of alkyl halides is 3. The summed E-state index contributed by atoms with van der Waals surface area (Å²) in [6.07, 6.45) is -5.10. The number of hydrogen-bond acceptors (Lipinski definition) is 1. The van der Waals surface area contributed by atoms with Crippen molar-refractivity contribution >= 4 is 38.5 Å². The van der Waals surface area contributed by atoms with Gasteiger partial charge in [0.2, 0.25) is 0 Å². The zero-order valence-electron chi connectivity index (χ0n) is 8.19. The van der Waals surface area contributed by atoms with E-state index in [1.165, 1.54) is 0 Å². The van der Waals surface area contributed by atoms with E-state index in [4.69, 9.17) is 5.73 Å². The Hall–Kier alpha value is 0.180.